The molecule has 0 aliphatic heterocycles. The molecule has 0 aliphatic carbocycles. The van der Waals surface area contributed by atoms with Crippen LogP contribution in [0.15, 0.2) is 65.1 Å². The molecule has 0 spiro atoms. The van der Waals surface area contributed by atoms with Gasteiger partial charge in [-0.25, -0.2) is 9.45 Å². The molecule has 3 aromatic rings. The second kappa shape index (κ2) is 8.75. The van der Waals surface area contributed by atoms with Gasteiger partial charge in [0.25, 0.3) is 15.9 Å². The van der Waals surface area contributed by atoms with E-state index in [1.165, 1.54) is 35.3 Å². The van der Waals surface area contributed by atoms with Gasteiger partial charge in [0.2, 0.25) is 0 Å². The molecule has 1 amide bonds. The second-order valence-corrected chi connectivity index (χ2v) is 9.80. The van der Waals surface area contributed by atoms with Gasteiger partial charge in [0.05, 0.1) is 0 Å². The van der Waals surface area contributed by atoms with E-state index in [0.29, 0.717) is 5.56 Å². The van der Waals surface area contributed by atoms with Crippen molar-refractivity contribution in [2.75, 3.05) is 14.1 Å². The van der Waals surface area contributed by atoms with E-state index in [-0.39, 0.29) is 4.21 Å². The van der Waals surface area contributed by atoms with Crippen LogP contribution in [0.3, 0.4) is 0 Å². The Morgan fingerprint density at radius 3 is 2.76 bits per heavy atom. The van der Waals surface area contributed by atoms with Crippen LogP contribution in [-0.4, -0.2) is 42.5 Å². The first-order valence-electron chi connectivity index (χ1n) is 8.69. The summed E-state index contributed by atoms with van der Waals surface area (Å²) in [5.74, 6) is -0.694. The predicted molar refractivity (Wildman–Crippen MR) is 113 cm³/mol. The van der Waals surface area contributed by atoms with Crippen molar-refractivity contribution >= 4 is 33.3 Å². The molecule has 2 aromatic heterocycles. The number of hydrogen-bond donors (Lipinski definition) is 2. The molecular formula is C20H21N3O4S2. The number of aromatic nitrogens is 1. The standard InChI is InChI=1S/C20H21N3O4S2/c1-22(2)13-16-4-3-5-17(12-16)18-7-9-20(28-18)29(26,27)23-11-10-15(14-23)6-8-19(24)21-25/h3-12,14,25H,13H2,1-2H3,(H,21,24)/b8-6+. The molecule has 0 unspecified atom stereocenters. The van der Waals surface area contributed by atoms with Crippen LogP contribution in [0.4, 0.5) is 0 Å². The maximum absolute atomic E-state index is 12.9. The summed E-state index contributed by atoms with van der Waals surface area (Å²) in [5.41, 5.74) is 4.12. The number of hydrogen-bond acceptors (Lipinski definition) is 6. The number of carbonyl (C=O) groups is 1. The lowest BCUT2D eigenvalue weighted by Gasteiger charge is -2.10. The highest BCUT2D eigenvalue weighted by Crippen LogP contribution is 2.32. The maximum Gasteiger partial charge on any atom is 0.277 e. The molecule has 7 nitrogen and oxygen atoms in total. The molecule has 152 valence electrons. The lowest BCUT2D eigenvalue weighted by atomic mass is 10.1. The fourth-order valence-corrected chi connectivity index (χ4v) is 5.37. The Hall–Kier alpha value is -2.72. The molecule has 0 aliphatic rings. The number of amides is 1. The number of nitrogens with one attached hydrogen (secondary N) is 1. The molecule has 0 saturated heterocycles. The Bertz CT molecular complexity index is 1140. The highest BCUT2D eigenvalue weighted by Gasteiger charge is 2.19. The highest BCUT2D eigenvalue weighted by atomic mass is 32.2. The fraction of sp³-hybridized carbons (Fsp3) is 0.150. The SMILES string of the molecule is CN(C)Cc1cccc(-c2ccc(S(=O)(=O)n3ccc(/C=C/C(=O)NO)c3)s2)c1. The Morgan fingerprint density at radius 1 is 1.24 bits per heavy atom. The van der Waals surface area contributed by atoms with Crippen molar-refractivity contribution in [1.82, 2.24) is 14.4 Å². The van der Waals surface area contributed by atoms with E-state index in [9.17, 15) is 13.2 Å². The molecule has 0 radical (unpaired) electrons. The summed E-state index contributed by atoms with van der Waals surface area (Å²) < 4.78 is 27.2. The van der Waals surface area contributed by atoms with Crippen LogP contribution in [-0.2, 0) is 21.4 Å². The molecule has 3 rings (SSSR count). The van der Waals surface area contributed by atoms with Gasteiger partial charge < -0.3 is 4.90 Å². The van der Waals surface area contributed by atoms with Crippen molar-refractivity contribution in [1.29, 1.82) is 0 Å². The van der Waals surface area contributed by atoms with Crippen molar-refractivity contribution in [3.05, 3.63) is 72.1 Å². The number of benzene rings is 1. The van der Waals surface area contributed by atoms with Crippen molar-refractivity contribution in [2.45, 2.75) is 10.8 Å². The van der Waals surface area contributed by atoms with E-state index in [1.54, 1.807) is 12.1 Å². The summed E-state index contributed by atoms with van der Waals surface area (Å²) in [7, 11) is 0.263. The zero-order chi connectivity index (χ0) is 21.0. The number of carbonyl (C=O) groups excluding carboxylic acids is 1. The lowest BCUT2D eigenvalue weighted by Crippen LogP contribution is -2.14. The molecule has 2 heterocycles. The smallest absolute Gasteiger partial charge is 0.277 e. The summed E-state index contributed by atoms with van der Waals surface area (Å²) >= 11 is 1.21. The zero-order valence-electron chi connectivity index (χ0n) is 15.9. The Labute approximate surface area is 173 Å². The van der Waals surface area contributed by atoms with Crippen LogP contribution in [0.2, 0.25) is 0 Å². The molecule has 2 N–H and O–H groups in total. The normalized spacial score (nSPS) is 12.0. The third kappa shape index (κ3) is 5.01. The van der Waals surface area contributed by atoms with E-state index in [0.717, 1.165) is 32.6 Å². The van der Waals surface area contributed by atoms with E-state index < -0.39 is 15.9 Å². The van der Waals surface area contributed by atoms with Gasteiger partial charge in [0.15, 0.2) is 0 Å². The van der Waals surface area contributed by atoms with Crippen LogP contribution >= 0.6 is 11.3 Å². The van der Waals surface area contributed by atoms with Crippen molar-refractivity contribution in [2.24, 2.45) is 0 Å². The first-order chi connectivity index (χ1) is 13.8. The molecule has 0 saturated carbocycles. The fourth-order valence-electron chi connectivity index (χ4n) is 2.76. The topological polar surface area (TPSA) is 91.6 Å². The highest BCUT2D eigenvalue weighted by molar-refractivity contribution is 7.92. The van der Waals surface area contributed by atoms with E-state index >= 15 is 0 Å². The lowest BCUT2D eigenvalue weighted by molar-refractivity contribution is -0.124. The van der Waals surface area contributed by atoms with E-state index in [2.05, 4.69) is 11.0 Å². The van der Waals surface area contributed by atoms with Crippen LogP contribution in [0.1, 0.15) is 11.1 Å². The Balaban J connectivity index is 1.85. The van der Waals surface area contributed by atoms with Gasteiger partial charge in [-0.15, -0.1) is 11.3 Å². The quantitative estimate of drug-likeness (QED) is 0.341. The molecule has 9 heteroatoms. The molecule has 29 heavy (non-hydrogen) atoms. The van der Waals surface area contributed by atoms with Gasteiger partial charge >= 0.3 is 0 Å². The molecule has 0 bridgehead atoms. The van der Waals surface area contributed by atoms with Crippen molar-refractivity contribution < 1.29 is 18.4 Å². The first kappa shape index (κ1) is 21.0. The summed E-state index contributed by atoms with van der Waals surface area (Å²) in [6.07, 6.45) is 5.35. The second-order valence-electron chi connectivity index (χ2n) is 6.65. The largest absolute Gasteiger partial charge is 0.305 e. The average molecular weight is 432 g/mol. The van der Waals surface area contributed by atoms with Gasteiger partial charge in [-0.2, -0.15) is 8.42 Å². The third-order valence-electron chi connectivity index (χ3n) is 4.05. The Kier molecular flexibility index (Phi) is 6.33. The predicted octanol–water partition coefficient (Wildman–Crippen LogP) is 3.03. The van der Waals surface area contributed by atoms with Gasteiger partial charge in [-0.3, -0.25) is 10.0 Å². The minimum absolute atomic E-state index is 0.227. The van der Waals surface area contributed by atoms with Gasteiger partial charge in [-0.05, 0) is 61.1 Å². The third-order valence-corrected chi connectivity index (χ3v) is 7.29. The number of rotatable bonds is 7. The van der Waals surface area contributed by atoms with E-state index in [1.807, 2.05) is 38.4 Å². The van der Waals surface area contributed by atoms with Crippen LogP contribution in [0.25, 0.3) is 16.5 Å². The monoisotopic (exact) mass is 431 g/mol. The maximum atomic E-state index is 12.9. The summed E-state index contributed by atoms with van der Waals surface area (Å²) in [4.78, 5) is 14.0. The minimum Gasteiger partial charge on any atom is -0.305 e. The van der Waals surface area contributed by atoms with Crippen LogP contribution in [0.5, 0.6) is 0 Å². The average Bonchev–Trinajstić information content (AvgIpc) is 3.36. The minimum atomic E-state index is -3.74. The first-order valence-corrected chi connectivity index (χ1v) is 10.9. The van der Waals surface area contributed by atoms with E-state index in [4.69, 9.17) is 5.21 Å². The molecular weight excluding hydrogens is 410 g/mol. The molecule has 0 fully saturated rings. The molecule has 1 aromatic carbocycles. The van der Waals surface area contributed by atoms with Crippen molar-refractivity contribution in [3.8, 4) is 10.4 Å². The molecule has 0 atom stereocenters. The van der Waals surface area contributed by atoms with Gasteiger partial charge in [-0.1, -0.05) is 18.2 Å². The van der Waals surface area contributed by atoms with Crippen LogP contribution in [0, 0.1) is 0 Å². The zero-order valence-corrected chi connectivity index (χ0v) is 17.6. The van der Waals surface area contributed by atoms with Gasteiger partial charge in [0.1, 0.15) is 4.21 Å². The number of thiophene rings is 1. The summed E-state index contributed by atoms with van der Waals surface area (Å²) in [6.45, 7) is 0.804. The summed E-state index contributed by atoms with van der Waals surface area (Å²) in [6, 6.07) is 13.0. The van der Waals surface area contributed by atoms with Crippen LogP contribution < -0.4 is 5.48 Å². The number of hydroxylamine groups is 1. The van der Waals surface area contributed by atoms with Gasteiger partial charge in [0, 0.05) is 29.9 Å². The van der Waals surface area contributed by atoms with Crippen molar-refractivity contribution in [3.63, 3.8) is 0 Å². The Morgan fingerprint density at radius 2 is 2.03 bits per heavy atom. The number of nitrogens with zero attached hydrogens (tertiary/aromatic N) is 2. The summed E-state index contributed by atoms with van der Waals surface area (Å²) in [5, 5.41) is 8.50.